The van der Waals surface area contributed by atoms with Gasteiger partial charge >= 0.3 is 0 Å². The lowest BCUT2D eigenvalue weighted by atomic mass is 10.1. The third-order valence-electron chi connectivity index (χ3n) is 2.25. The van der Waals surface area contributed by atoms with Gasteiger partial charge in [0.05, 0.1) is 19.6 Å². The van der Waals surface area contributed by atoms with Gasteiger partial charge in [-0.25, -0.2) is 0 Å². The Morgan fingerprint density at radius 3 is 2.60 bits per heavy atom. The monoisotopic (exact) mass is 206 g/mol. The van der Waals surface area contributed by atoms with Crippen LogP contribution in [-0.2, 0) is 0 Å². The van der Waals surface area contributed by atoms with Gasteiger partial charge in [0.2, 0.25) is 0 Å². The van der Waals surface area contributed by atoms with Crippen molar-refractivity contribution in [3.05, 3.63) is 24.2 Å². The molecule has 0 fully saturated rings. The quantitative estimate of drug-likeness (QED) is 0.723. The lowest BCUT2D eigenvalue weighted by Crippen LogP contribution is -1.88. The normalized spacial score (nSPS) is 10.3. The molecule has 1 aromatic carbocycles. The minimum atomic E-state index is 0.280. The Hall–Kier alpha value is -1.97. The first-order valence-corrected chi connectivity index (χ1v) is 4.38. The highest BCUT2D eigenvalue weighted by molar-refractivity contribution is 5.99. The van der Waals surface area contributed by atoms with Gasteiger partial charge in [0.1, 0.15) is 17.8 Å². The van der Waals surface area contributed by atoms with Gasteiger partial charge in [0.15, 0.2) is 12.0 Å². The van der Waals surface area contributed by atoms with Crippen LogP contribution in [0.15, 0.2) is 22.8 Å². The molecule has 1 aromatic heterocycles. The second kappa shape index (κ2) is 3.65. The Morgan fingerprint density at radius 2 is 2.00 bits per heavy atom. The highest BCUT2D eigenvalue weighted by Gasteiger charge is 2.11. The van der Waals surface area contributed by atoms with Gasteiger partial charge in [0.25, 0.3) is 0 Å². The Kier molecular flexibility index (Phi) is 2.33. The highest BCUT2D eigenvalue weighted by atomic mass is 16.5. The molecule has 0 aliphatic carbocycles. The van der Waals surface area contributed by atoms with E-state index in [-0.39, 0.29) is 5.76 Å². The molecule has 78 valence electrons. The fraction of sp³-hybridized carbons (Fsp3) is 0.182. The van der Waals surface area contributed by atoms with E-state index in [1.807, 2.05) is 0 Å². The fourth-order valence-corrected chi connectivity index (χ4v) is 1.49. The molecule has 0 N–H and O–H groups in total. The molecule has 4 nitrogen and oxygen atoms in total. The molecule has 15 heavy (non-hydrogen) atoms. The van der Waals surface area contributed by atoms with E-state index in [0.29, 0.717) is 23.2 Å². The molecule has 4 heteroatoms. The van der Waals surface area contributed by atoms with Crippen LogP contribution in [0.2, 0.25) is 0 Å². The number of furan rings is 1. The van der Waals surface area contributed by atoms with Crippen molar-refractivity contribution < 1.29 is 18.7 Å². The van der Waals surface area contributed by atoms with E-state index in [1.165, 1.54) is 6.26 Å². The summed E-state index contributed by atoms with van der Waals surface area (Å²) in [6, 6.07) is 3.48. The summed E-state index contributed by atoms with van der Waals surface area (Å²) in [6.45, 7) is 0. The average molecular weight is 206 g/mol. The zero-order valence-electron chi connectivity index (χ0n) is 8.44. The van der Waals surface area contributed by atoms with Crippen LogP contribution in [0.1, 0.15) is 10.6 Å². The van der Waals surface area contributed by atoms with Crippen molar-refractivity contribution in [3.63, 3.8) is 0 Å². The van der Waals surface area contributed by atoms with Gasteiger partial charge in [-0.2, -0.15) is 0 Å². The number of methoxy groups -OCH3 is 2. The molecular formula is C11H10O4. The Bertz CT molecular complexity index is 499. The molecule has 0 amide bonds. The topological polar surface area (TPSA) is 48.7 Å². The number of ether oxygens (including phenoxy) is 2. The molecule has 0 saturated carbocycles. The van der Waals surface area contributed by atoms with Gasteiger partial charge in [-0.15, -0.1) is 0 Å². The molecule has 0 spiro atoms. The van der Waals surface area contributed by atoms with Crippen molar-refractivity contribution in [1.29, 1.82) is 0 Å². The molecule has 0 saturated heterocycles. The molecule has 2 aromatic rings. The third kappa shape index (κ3) is 1.44. The summed E-state index contributed by atoms with van der Waals surface area (Å²) >= 11 is 0. The Balaban J connectivity index is 2.77. The average Bonchev–Trinajstić information content (AvgIpc) is 2.70. The smallest absolute Gasteiger partial charge is 0.185 e. The zero-order valence-corrected chi connectivity index (χ0v) is 8.44. The first-order chi connectivity index (χ1) is 7.30. The predicted molar refractivity (Wildman–Crippen MR) is 54.7 cm³/mol. The number of hydrogen-bond acceptors (Lipinski definition) is 4. The minimum Gasteiger partial charge on any atom is -0.497 e. The van der Waals surface area contributed by atoms with Crippen LogP contribution in [-0.4, -0.2) is 20.5 Å². The molecular weight excluding hydrogens is 196 g/mol. The van der Waals surface area contributed by atoms with Crippen LogP contribution in [0.5, 0.6) is 11.5 Å². The van der Waals surface area contributed by atoms with Crippen LogP contribution in [0.25, 0.3) is 10.8 Å². The van der Waals surface area contributed by atoms with Crippen LogP contribution in [0.4, 0.5) is 0 Å². The van der Waals surface area contributed by atoms with Crippen LogP contribution in [0.3, 0.4) is 0 Å². The molecule has 1 heterocycles. The summed E-state index contributed by atoms with van der Waals surface area (Å²) in [5.41, 5.74) is 0. The number of benzene rings is 1. The van der Waals surface area contributed by atoms with Crippen LogP contribution < -0.4 is 9.47 Å². The third-order valence-corrected chi connectivity index (χ3v) is 2.25. The van der Waals surface area contributed by atoms with Gasteiger partial charge in [-0.1, -0.05) is 0 Å². The van der Waals surface area contributed by atoms with Gasteiger partial charge in [0, 0.05) is 11.5 Å². The van der Waals surface area contributed by atoms with Crippen molar-refractivity contribution in [2.75, 3.05) is 14.2 Å². The standard InChI is InChI=1S/C11H10O4/c1-13-7-3-8-9(10(4-7)14-2)6-15-11(8)5-12/h3-6H,1-2H3. The number of fused-ring (bicyclic) bond motifs is 1. The number of rotatable bonds is 3. The van der Waals surface area contributed by atoms with Gasteiger partial charge in [-0.05, 0) is 6.07 Å². The SMILES string of the molecule is COc1cc(OC)c2coc(C=O)c2c1. The molecule has 0 unspecified atom stereocenters. The Labute approximate surface area is 86.4 Å². The lowest BCUT2D eigenvalue weighted by molar-refractivity contribution is 0.110. The van der Waals surface area contributed by atoms with Crippen molar-refractivity contribution in [1.82, 2.24) is 0 Å². The molecule has 0 atom stereocenters. The van der Waals surface area contributed by atoms with E-state index in [2.05, 4.69) is 0 Å². The largest absolute Gasteiger partial charge is 0.497 e. The van der Waals surface area contributed by atoms with E-state index in [1.54, 1.807) is 26.4 Å². The Morgan fingerprint density at radius 1 is 1.20 bits per heavy atom. The molecule has 2 rings (SSSR count). The maximum Gasteiger partial charge on any atom is 0.185 e. The maximum absolute atomic E-state index is 10.7. The first kappa shape index (κ1) is 9.58. The summed E-state index contributed by atoms with van der Waals surface area (Å²) < 4.78 is 15.4. The maximum atomic E-state index is 10.7. The number of hydrogen-bond donors (Lipinski definition) is 0. The van der Waals surface area contributed by atoms with Gasteiger partial charge in [-0.3, -0.25) is 4.79 Å². The van der Waals surface area contributed by atoms with E-state index in [0.717, 1.165) is 5.39 Å². The molecule has 0 aliphatic heterocycles. The lowest BCUT2D eigenvalue weighted by Gasteiger charge is -2.04. The molecule has 0 bridgehead atoms. The minimum absolute atomic E-state index is 0.280. The van der Waals surface area contributed by atoms with Crippen molar-refractivity contribution in [3.8, 4) is 11.5 Å². The summed E-state index contributed by atoms with van der Waals surface area (Å²) in [5, 5.41) is 1.46. The first-order valence-electron chi connectivity index (χ1n) is 4.38. The van der Waals surface area contributed by atoms with E-state index in [9.17, 15) is 4.79 Å². The van der Waals surface area contributed by atoms with Gasteiger partial charge < -0.3 is 13.9 Å². The van der Waals surface area contributed by atoms with Crippen LogP contribution in [0, 0.1) is 0 Å². The predicted octanol–water partition coefficient (Wildman–Crippen LogP) is 2.26. The number of aldehydes is 1. The van der Waals surface area contributed by atoms with E-state index < -0.39 is 0 Å². The summed E-state index contributed by atoms with van der Waals surface area (Å²) in [5.74, 6) is 1.53. The van der Waals surface area contributed by atoms with E-state index in [4.69, 9.17) is 13.9 Å². The highest BCUT2D eigenvalue weighted by Crippen LogP contribution is 2.33. The van der Waals surface area contributed by atoms with Crippen molar-refractivity contribution in [2.24, 2.45) is 0 Å². The summed E-state index contributed by atoms with van der Waals surface area (Å²) in [6.07, 6.45) is 2.17. The number of carbonyl (C=O) groups excluding carboxylic acids is 1. The van der Waals surface area contributed by atoms with Crippen LogP contribution >= 0.6 is 0 Å². The summed E-state index contributed by atoms with van der Waals surface area (Å²) in [4.78, 5) is 10.7. The van der Waals surface area contributed by atoms with E-state index >= 15 is 0 Å². The second-order valence-corrected chi connectivity index (χ2v) is 3.01. The number of carbonyl (C=O) groups is 1. The fourth-order valence-electron chi connectivity index (χ4n) is 1.49. The summed E-state index contributed by atoms with van der Waals surface area (Å²) in [7, 11) is 3.11. The zero-order chi connectivity index (χ0) is 10.8. The van der Waals surface area contributed by atoms with Crippen molar-refractivity contribution >= 4 is 17.1 Å². The van der Waals surface area contributed by atoms with Crippen molar-refractivity contribution in [2.45, 2.75) is 0 Å². The molecule has 0 aliphatic rings. The molecule has 0 radical (unpaired) electrons. The second-order valence-electron chi connectivity index (χ2n) is 3.01.